The van der Waals surface area contributed by atoms with E-state index in [1.807, 2.05) is 60.7 Å². The molecule has 0 aromatic heterocycles. The molecule has 1 saturated heterocycles. The van der Waals surface area contributed by atoms with Crippen molar-refractivity contribution in [3.63, 3.8) is 0 Å². The van der Waals surface area contributed by atoms with Gasteiger partial charge in [-0.15, -0.1) is 0 Å². The molecule has 5 heteroatoms. The van der Waals surface area contributed by atoms with Crippen molar-refractivity contribution in [1.82, 2.24) is 10.2 Å². The molecule has 132 valence electrons. The first-order chi connectivity index (χ1) is 12.3. The number of piperazine rings is 1. The lowest BCUT2D eigenvalue weighted by atomic mass is 10.0. The molecule has 5 nitrogen and oxygen atoms in total. The zero-order valence-corrected chi connectivity index (χ0v) is 14.2. The number of carbonyl (C=O) groups excluding carboxylic acids is 1. The molecule has 2 aromatic carbocycles. The van der Waals surface area contributed by atoms with Gasteiger partial charge in [0, 0.05) is 25.7 Å². The van der Waals surface area contributed by atoms with Gasteiger partial charge in [-0.1, -0.05) is 60.7 Å². The molecule has 1 aliphatic rings. The molecule has 3 rings (SSSR count). The summed E-state index contributed by atoms with van der Waals surface area (Å²) in [5.74, 6) is -0.0446. The van der Waals surface area contributed by atoms with Crippen LogP contribution in [0.5, 0.6) is 0 Å². The van der Waals surface area contributed by atoms with Gasteiger partial charge in [0.1, 0.15) is 12.7 Å². The number of hydrogen-bond acceptors (Lipinski definition) is 4. The summed E-state index contributed by atoms with van der Waals surface area (Å²) >= 11 is 0. The van der Waals surface area contributed by atoms with E-state index >= 15 is 0 Å². The van der Waals surface area contributed by atoms with Crippen LogP contribution in [0.15, 0.2) is 60.7 Å². The number of nitrogens with zero attached hydrogens (tertiary/aromatic N) is 1. The Hall–Kier alpha value is -2.21. The molecule has 1 amide bonds. The molecule has 0 aliphatic carbocycles. The van der Waals surface area contributed by atoms with Crippen LogP contribution in [0.1, 0.15) is 17.2 Å². The number of nitrogens with one attached hydrogen (secondary N) is 1. The molecule has 1 unspecified atom stereocenters. The van der Waals surface area contributed by atoms with Gasteiger partial charge in [0.15, 0.2) is 0 Å². The van der Waals surface area contributed by atoms with Crippen LogP contribution < -0.4 is 5.32 Å². The monoisotopic (exact) mass is 340 g/mol. The van der Waals surface area contributed by atoms with Crippen LogP contribution in [-0.4, -0.2) is 54.8 Å². The number of carbonyl (C=O) groups is 1. The van der Waals surface area contributed by atoms with Gasteiger partial charge in [0.25, 0.3) is 0 Å². The topological polar surface area (TPSA) is 61.8 Å². The Labute approximate surface area is 148 Å². The van der Waals surface area contributed by atoms with Crippen molar-refractivity contribution in [3.8, 4) is 0 Å². The van der Waals surface area contributed by atoms with Crippen LogP contribution in [0.4, 0.5) is 0 Å². The number of benzene rings is 2. The summed E-state index contributed by atoms with van der Waals surface area (Å²) in [6, 6.07) is 19.8. The fraction of sp³-hybridized carbons (Fsp3) is 0.350. The second kappa shape index (κ2) is 8.76. The Morgan fingerprint density at radius 1 is 1.12 bits per heavy atom. The van der Waals surface area contributed by atoms with E-state index in [1.165, 1.54) is 0 Å². The second-order valence-corrected chi connectivity index (χ2v) is 6.19. The third-order valence-electron chi connectivity index (χ3n) is 4.41. The molecule has 1 aliphatic heterocycles. The molecule has 0 saturated carbocycles. The van der Waals surface area contributed by atoms with E-state index in [4.69, 9.17) is 4.74 Å². The maximum absolute atomic E-state index is 12.5. The molecule has 2 aromatic rings. The van der Waals surface area contributed by atoms with Crippen molar-refractivity contribution in [1.29, 1.82) is 0 Å². The van der Waals surface area contributed by atoms with E-state index < -0.39 is 0 Å². The summed E-state index contributed by atoms with van der Waals surface area (Å²) in [6.45, 7) is 1.89. The highest BCUT2D eigenvalue weighted by Gasteiger charge is 2.24. The molecule has 0 bridgehead atoms. The van der Waals surface area contributed by atoms with Crippen LogP contribution in [0.2, 0.25) is 0 Å². The van der Waals surface area contributed by atoms with Crippen LogP contribution in [0.25, 0.3) is 0 Å². The second-order valence-electron chi connectivity index (χ2n) is 6.19. The predicted molar refractivity (Wildman–Crippen MR) is 96.1 cm³/mol. The Balaban J connectivity index is 1.68. The largest absolute Gasteiger partial charge is 0.395 e. The van der Waals surface area contributed by atoms with Gasteiger partial charge in [-0.3, -0.25) is 4.79 Å². The number of aliphatic hydroxyl groups is 1. The fourth-order valence-corrected chi connectivity index (χ4v) is 3.06. The Bertz CT molecular complexity index is 624. The number of hydrogen-bond donors (Lipinski definition) is 2. The minimum Gasteiger partial charge on any atom is -0.395 e. The van der Waals surface area contributed by atoms with Crippen molar-refractivity contribution < 1.29 is 14.6 Å². The van der Waals surface area contributed by atoms with Crippen molar-refractivity contribution in [2.45, 2.75) is 12.1 Å². The van der Waals surface area contributed by atoms with Crippen molar-refractivity contribution in [3.05, 3.63) is 71.8 Å². The molecule has 1 fully saturated rings. The van der Waals surface area contributed by atoms with Gasteiger partial charge in [0.05, 0.1) is 6.61 Å². The third kappa shape index (κ3) is 4.66. The Morgan fingerprint density at radius 3 is 2.28 bits per heavy atom. The fourth-order valence-electron chi connectivity index (χ4n) is 3.06. The lowest BCUT2D eigenvalue weighted by molar-refractivity contribution is -0.139. The normalized spacial score (nSPS) is 17.7. The van der Waals surface area contributed by atoms with Crippen molar-refractivity contribution >= 4 is 5.91 Å². The smallest absolute Gasteiger partial charge is 0.248 e. The van der Waals surface area contributed by atoms with E-state index in [2.05, 4.69) is 5.32 Å². The summed E-state index contributed by atoms with van der Waals surface area (Å²) in [5, 5.41) is 12.5. The highest BCUT2D eigenvalue weighted by Crippen LogP contribution is 2.25. The lowest BCUT2D eigenvalue weighted by Crippen LogP contribution is -2.54. The number of aliphatic hydroxyl groups excluding tert-OH is 1. The van der Waals surface area contributed by atoms with Crippen LogP contribution in [0, 0.1) is 0 Å². The van der Waals surface area contributed by atoms with Crippen molar-refractivity contribution in [2.75, 3.05) is 32.8 Å². The standard InChI is InChI=1S/C20H24N2O3/c23-14-18-13-22(12-11-21-18)19(24)15-25-20(16-7-3-1-4-8-16)17-9-5-2-6-10-17/h1-10,18,20-21,23H,11-15H2. The Morgan fingerprint density at radius 2 is 1.72 bits per heavy atom. The van der Waals surface area contributed by atoms with E-state index in [1.54, 1.807) is 4.90 Å². The number of rotatable bonds is 6. The van der Waals surface area contributed by atoms with Gasteiger partial charge >= 0.3 is 0 Å². The van der Waals surface area contributed by atoms with Gasteiger partial charge in [-0.25, -0.2) is 0 Å². The zero-order valence-electron chi connectivity index (χ0n) is 14.2. The summed E-state index contributed by atoms with van der Waals surface area (Å²) in [6.07, 6.45) is -0.275. The molecule has 1 heterocycles. The highest BCUT2D eigenvalue weighted by atomic mass is 16.5. The predicted octanol–water partition coefficient (Wildman–Crippen LogP) is 1.59. The quantitative estimate of drug-likeness (QED) is 0.838. The molecular weight excluding hydrogens is 316 g/mol. The summed E-state index contributed by atoms with van der Waals surface area (Å²) in [4.78, 5) is 14.3. The average molecular weight is 340 g/mol. The molecule has 2 N–H and O–H groups in total. The van der Waals surface area contributed by atoms with Crippen LogP contribution >= 0.6 is 0 Å². The lowest BCUT2D eigenvalue weighted by Gasteiger charge is -2.33. The van der Waals surface area contributed by atoms with E-state index in [0.29, 0.717) is 19.6 Å². The summed E-state index contributed by atoms with van der Waals surface area (Å²) in [7, 11) is 0. The molecule has 25 heavy (non-hydrogen) atoms. The SMILES string of the molecule is O=C(COC(c1ccccc1)c1ccccc1)N1CCNC(CO)C1. The van der Waals surface area contributed by atoms with Crippen LogP contribution in [-0.2, 0) is 9.53 Å². The van der Waals surface area contributed by atoms with Crippen LogP contribution in [0.3, 0.4) is 0 Å². The summed E-state index contributed by atoms with van der Waals surface area (Å²) in [5.41, 5.74) is 2.05. The van der Waals surface area contributed by atoms with E-state index in [-0.39, 0.29) is 31.3 Å². The van der Waals surface area contributed by atoms with E-state index in [0.717, 1.165) is 11.1 Å². The molecule has 1 atom stereocenters. The van der Waals surface area contributed by atoms with Gasteiger partial charge in [-0.2, -0.15) is 0 Å². The summed E-state index contributed by atoms with van der Waals surface area (Å²) < 4.78 is 6.02. The first kappa shape index (κ1) is 17.6. The minimum atomic E-state index is -0.275. The Kier molecular flexibility index (Phi) is 6.17. The molecule has 0 radical (unpaired) electrons. The highest BCUT2D eigenvalue weighted by molar-refractivity contribution is 5.77. The minimum absolute atomic E-state index is 0.0204. The maximum atomic E-state index is 12.5. The zero-order chi connectivity index (χ0) is 17.5. The number of ether oxygens (including phenoxy) is 1. The molecular formula is C20H24N2O3. The van der Waals surface area contributed by atoms with Gasteiger partial charge in [-0.05, 0) is 11.1 Å². The van der Waals surface area contributed by atoms with Gasteiger partial charge in [0.2, 0.25) is 5.91 Å². The van der Waals surface area contributed by atoms with Crippen molar-refractivity contribution in [2.24, 2.45) is 0 Å². The average Bonchev–Trinajstić information content (AvgIpc) is 2.69. The maximum Gasteiger partial charge on any atom is 0.248 e. The first-order valence-corrected chi connectivity index (χ1v) is 8.61. The number of amides is 1. The first-order valence-electron chi connectivity index (χ1n) is 8.61. The third-order valence-corrected chi connectivity index (χ3v) is 4.41. The van der Waals surface area contributed by atoms with Gasteiger partial charge < -0.3 is 20.1 Å². The molecule has 0 spiro atoms. The van der Waals surface area contributed by atoms with E-state index in [9.17, 15) is 9.90 Å².